The molecule has 2 aromatic carbocycles. The molecule has 0 unspecified atom stereocenters. The van der Waals surface area contributed by atoms with E-state index in [9.17, 15) is 9.18 Å². The normalized spacial score (nSPS) is 11.3. The fourth-order valence-corrected chi connectivity index (χ4v) is 4.38. The molecule has 0 aliphatic heterocycles. The summed E-state index contributed by atoms with van der Waals surface area (Å²) in [7, 11) is 0. The van der Waals surface area contributed by atoms with Gasteiger partial charge >= 0.3 is 6.03 Å². The minimum atomic E-state index is -0.512. The highest BCUT2D eigenvalue weighted by Crippen LogP contribution is 2.41. The van der Waals surface area contributed by atoms with Crippen molar-refractivity contribution in [1.29, 1.82) is 0 Å². The van der Waals surface area contributed by atoms with Crippen LogP contribution in [0.5, 0.6) is 0 Å². The van der Waals surface area contributed by atoms with Crippen LogP contribution in [0.1, 0.15) is 25.8 Å². The minimum absolute atomic E-state index is 0.120. The van der Waals surface area contributed by atoms with Crippen LogP contribution in [-0.2, 0) is 5.41 Å². The zero-order valence-electron chi connectivity index (χ0n) is 18.7. The van der Waals surface area contributed by atoms with Crippen molar-refractivity contribution >= 4 is 46.3 Å². The van der Waals surface area contributed by atoms with E-state index in [1.54, 1.807) is 42.6 Å². The van der Waals surface area contributed by atoms with Crippen LogP contribution in [0.3, 0.4) is 0 Å². The number of nitrogens with zero attached hydrogens (tertiary/aromatic N) is 3. The largest absolute Gasteiger partial charge is 0.368 e. The molecule has 4 rings (SSSR count). The van der Waals surface area contributed by atoms with Gasteiger partial charge in [0.2, 0.25) is 5.95 Å². The second-order valence-corrected chi connectivity index (χ2v) is 10.00. The molecule has 34 heavy (non-hydrogen) atoms. The summed E-state index contributed by atoms with van der Waals surface area (Å²) in [6.07, 6.45) is 1.55. The number of hydrogen-bond donors (Lipinski definition) is 3. The lowest BCUT2D eigenvalue weighted by molar-refractivity contribution is 0.262. The van der Waals surface area contributed by atoms with E-state index in [4.69, 9.17) is 22.3 Å². The van der Waals surface area contributed by atoms with Crippen molar-refractivity contribution in [1.82, 2.24) is 15.0 Å². The molecule has 0 aliphatic carbocycles. The van der Waals surface area contributed by atoms with Crippen LogP contribution in [-0.4, -0.2) is 21.0 Å². The average molecular weight is 497 g/mol. The van der Waals surface area contributed by atoms with Crippen molar-refractivity contribution < 1.29 is 9.18 Å². The number of rotatable bonds is 4. The highest BCUT2D eigenvalue weighted by Gasteiger charge is 2.24. The van der Waals surface area contributed by atoms with Crippen LogP contribution >= 0.6 is 22.9 Å². The number of nitrogen functional groups attached to an aromatic ring is 1. The first-order valence-corrected chi connectivity index (χ1v) is 11.5. The Kier molecular flexibility index (Phi) is 6.49. The second-order valence-electron chi connectivity index (χ2n) is 8.56. The maximum absolute atomic E-state index is 14.6. The molecule has 7 nitrogen and oxygen atoms in total. The molecule has 0 saturated carbocycles. The Labute approximate surface area is 205 Å². The first-order valence-electron chi connectivity index (χ1n) is 10.3. The van der Waals surface area contributed by atoms with Crippen LogP contribution in [0, 0.1) is 5.82 Å². The Morgan fingerprint density at radius 1 is 1.03 bits per heavy atom. The van der Waals surface area contributed by atoms with E-state index >= 15 is 0 Å². The van der Waals surface area contributed by atoms with Gasteiger partial charge in [-0.15, -0.1) is 11.3 Å². The Hall–Kier alpha value is -3.56. The van der Waals surface area contributed by atoms with Gasteiger partial charge in [-0.1, -0.05) is 32.4 Å². The first-order chi connectivity index (χ1) is 16.1. The SMILES string of the molecule is CC(C)(C)c1nc(-c2ccnc(N)n2)c(-c2cc(F)cc(NC(=O)Nc3ccc(Cl)cc3)c2)s1. The summed E-state index contributed by atoms with van der Waals surface area (Å²) in [6.45, 7) is 6.15. The summed E-state index contributed by atoms with van der Waals surface area (Å²) < 4.78 is 14.6. The van der Waals surface area contributed by atoms with Crippen LogP contribution in [0.15, 0.2) is 54.7 Å². The van der Waals surface area contributed by atoms with Crippen LogP contribution in [0.4, 0.5) is 26.5 Å². The second kappa shape index (κ2) is 9.36. The molecule has 0 fully saturated rings. The Morgan fingerprint density at radius 2 is 1.74 bits per heavy atom. The minimum Gasteiger partial charge on any atom is -0.368 e. The summed E-state index contributed by atoms with van der Waals surface area (Å²) in [5.74, 6) is -0.382. The highest BCUT2D eigenvalue weighted by atomic mass is 35.5. The molecule has 0 aliphatic rings. The van der Waals surface area contributed by atoms with Gasteiger partial charge < -0.3 is 16.4 Å². The fraction of sp³-hybridized carbons (Fsp3) is 0.167. The van der Waals surface area contributed by atoms with Crippen molar-refractivity contribution in [3.05, 3.63) is 70.6 Å². The Bertz CT molecular complexity index is 1350. The molecule has 0 spiro atoms. The van der Waals surface area contributed by atoms with Gasteiger partial charge in [-0.05, 0) is 54.1 Å². The number of anilines is 3. The number of amides is 2. The number of nitrogens with one attached hydrogen (secondary N) is 2. The van der Waals surface area contributed by atoms with Crippen molar-refractivity contribution in [2.45, 2.75) is 26.2 Å². The topological polar surface area (TPSA) is 106 Å². The molecule has 10 heteroatoms. The van der Waals surface area contributed by atoms with E-state index < -0.39 is 11.8 Å². The number of benzene rings is 2. The van der Waals surface area contributed by atoms with Crippen molar-refractivity contribution in [3.63, 3.8) is 0 Å². The number of carbonyl (C=O) groups excluding carboxylic acids is 1. The fourth-order valence-electron chi connectivity index (χ4n) is 3.14. The smallest absolute Gasteiger partial charge is 0.323 e. The van der Waals surface area contributed by atoms with Gasteiger partial charge in [-0.25, -0.2) is 24.1 Å². The van der Waals surface area contributed by atoms with Crippen molar-refractivity contribution in [2.24, 2.45) is 0 Å². The average Bonchev–Trinajstić information content (AvgIpc) is 3.21. The molecule has 0 saturated heterocycles. The van der Waals surface area contributed by atoms with E-state index in [1.165, 1.54) is 23.5 Å². The lowest BCUT2D eigenvalue weighted by Gasteiger charge is -2.13. The van der Waals surface area contributed by atoms with E-state index in [0.29, 0.717) is 38.2 Å². The van der Waals surface area contributed by atoms with Crippen LogP contribution < -0.4 is 16.4 Å². The first kappa shape index (κ1) is 23.6. The van der Waals surface area contributed by atoms with Crippen molar-refractivity contribution in [2.75, 3.05) is 16.4 Å². The maximum Gasteiger partial charge on any atom is 0.323 e. The lowest BCUT2D eigenvalue weighted by Crippen LogP contribution is -2.19. The lowest BCUT2D eigenvalue weighted by atomic mass is 9.98. The third-order valence-electron chi connectivity index (χ3n) is 4.71. The molecule has 2 amide bonds. The number of hydrogen-bond acceptors (Lipinski definition) is 6. The summed E-state index contributed by atoms with van der Waals surface area (Å²) in [5.41, 5.74) is 8.07. The molecule has 0 bridgehead atoms. The van der Waals surface area contributed by atoms with Gasteiger partial charge in [0.15, 0.2) is 0 Å². The predicted molar refractivity (Wildman–Crippen MR) is 136 cm³/mol. The molecule has 2 heterocycles. The van der Waals surface area contributed by atoms with E-state index in [2.05, 4.69) is 20.6 Å². The number of aromatic nitrogens is 3. The van der Waals surface area contributed by atoms with Gasteiger partial charge in [0, 0.05) is 28.0 Å². The zero-order valence-corrected chi connectivity index (χ0v) is 20.3. The van der Waals surface area contributed by atoms with Crippen molar-refractivity contribution in [3.8, 4) is 21.8 Å². The standard InChI is InChI=1S/C24H22ClFN6OS/c1-24(2,3)21-32-19(18-8-9-28-22(27)31-18)20(34-21)13-10-15(26)12-17(11-13)30-23(33)29-16-6-4-14(25)5-7-16/h4-12H,1-3H3,(H2,27,28,31)(H2,29,30,33). The zero-order chi connectivity index (χ0) is 24.5. The highest BCUT2D eigenvalue weighted by molar-refractivity contribution is 7.15. The molecule has 4 N–H and O–H groups in total. The van der Waals surface area contributed by atoms with Crippen LogP contribution in [0.25, 0.3) is 21.8 Å². The number of urea groups is 1. The maximum atomic E-state index is 14.6. The summed E-state index contributed by atoms with van der Waals surface area (Å²) in [5, 5.41) is 6.78. The monoisotopic (exact) mass is 496 g/mol. The Morgan fingerprint density at radius 3 is 2.41 bits per heavy atom. The molecule has 174 valence electrons. The number of halogens is 2. The number of thiazole rings is 1. The number of nitrogens with two attached hydrogens (primary N) is 1. The van der Waals surface area contributed by atoms with E-state index in [1.807, 2.05) is 20.8 Å². The van der Waals surface area contributed by atoms with Gasteiger partial charge in [-0.3, -0.25) is 0 Å². The molecular weight excluding hydrogens is 475 g/mol. The molecule has 2 aromatic heterocycles. The van der Waals surface area contributed by atoms with Gasteiger partial charge in [0.25, 0.3) is 0 Å². The van der Waals surface area contributed by atoms with Gasteiger partial charge in [0.05, 0.1) is 15.6 Å². The predicted octanol–water partition coefficient (Wildman–Crippen LogP) is 6.58. The summed E-state index contributed by atoms with van der Waals surface area (Å²) in [4.78, 5) is 26.2. The molecular formula is C24H22ClFN6OS. The third-order valence-corrected chi connectivity index (χ3v) is 6.49. The summed E-state index contributed by atoms with van der Waals surface area (Å²) in [6, 6.07) is 12.2. The molecule has 0 atom stereocenters. The number of carbonyl (C=O) groups is 1. The van der Waals surface area contributed by atoms with Crippen LogP contribution in [0.2, 0.25) is 5.02 Å². The summed E-state index contributed by atoms with van der Waals surface area (Å²) >= 11 is 7.32. The Balaban J connectivity index is 1.70. The van der Waals surface area contributed by atoms with E-state index in [0.717, 1.165) is 5.01 Å². The van der Waals surface area contributed by atoms with Gasteiger partial charge in [-0.2, -0.15) is 0 Å². The van der Waals surface area contributed by atoms with Gasteiger partial charge in [0.1, 0.15) is 11.5 Å². The van der Waals surface area contributed by atoms with E-state index in [-0.39, 0.29) is 11.4 Å². The molecule has 0 radical (unpaired) electrons. The quantitative estimate of drug-likeness (QED) is 0.296. The third kappa shape index (κ3) is 5.49. The molecule has 4 aromatic rings.